The first-order valence-corrected chi connectivity index (χ1v) is 19.9. The first kappa shape index (κ1) is 32.4. The van der Waals surface area contributed by atoms with Crippen molar-refractivity contribution in [3.05, 3.63) is 261 Å². The predicted molar refractivity (Wildman–Crippen MR) is 238 cm³/mol. The molecule has 0 spiro atoms. The molecule has 0 radical (unpaired) electrons. The molecule has 7 aromatic carbocycles. The quantitative estimate of drug-likeness (QED) is 0.130. The van der Waals surface area contributed by atoms with E-state index in [-0.39, 0.29) is 0 Å². The van der Waals surface area contributed by atoms with Crippen molar-refractivity contribution in [2.75, 3.05) is 0 Å². The topological polar surface area (TPSA) is 63.2 Å². The van der Waals surface area contributed by atoms with Crippen LogP contribution >= 0.6 is 0 Å². The lowest BCUT2D eigenvalue weighted by Crippen LogP contribution is -2.19. The lowest BCUT2D eigenvalue weighted by atomic mass is 9.89. The number of fused-ring (bicyclic) bond motifs is 8. The number of benzene rings is 7. The van der Waals surface area contributed by atoms with Crippen LogP contribution in [0.4, 0.5) is 0 Å². The number of nitrogens with one attached hydrogen (secondary N) is 4. The van der Waals surface area contributed by atoms with Crippen molar-refractivity contribution >= 4 is 54.6 Å². The summed E-state index contributed by atoms with van der Waals surface area (Å²) in [5.74, 6) is 0. The van der Waals surface area contributed by atoms with Crippen LogP contribution in [-0.2, 0) is 0 Å². The van der Waals surface area contributed by atoms with E-state index in [4.69, 9.17) is 0 Å². The molecule has 0 amide bonds. The molecule has 0 aliphatic carbocycles. The fourth-order valence-corrected chi connectivity index (χ4v) is 9.32. The van der Waals surface area contributed by atoms with Crippen molar-refractivity contribution < 1.29 is 0 Å². The van der Waals surface area contributed by atoms with Crippen LogP contribution in [0.1, 0.15) is 45.0 Å². The molecule has 12 rings (SSSR count). The lowest BCUT2D eigenvalue weighted by molar-refractivity contribution is 1.19. The fourth-order valence-electron chi connectivity index (χ4n) is 9.32. The average Bonchev–Trinajstić information content (AvgIpc) is 4.13. The van der Waals surface area contributed by atoms with Crippen molar-refractivity contribution in [3.8, 4) is 0 Å². The van der Waals surface area contributed by atoms with Gasteiger partial charge in [0.1, 0.15) is 0 Å². The molecule has 0 fully saturated rings. The highest BCUT2D eigenvalue weighted by atomic mass is 14.8. The van der Waals surface area contributed by atoms with Gasteiger partial charge in [-0.15, -0.1) is 0 Å². The van der Waals surface area contributed by atoms with Crippen molar-refractivity contribution in [1.82, 2.24) is 19.9 Å². The van der Waals surface area contributed by atoms with Gasteiger partial charge in [0.15, 0.2) is 0 Å². The van der Waals surface area contributed by atoms with Crippen LogP contribution in [0, 0.1) is 0 Å². The summed E-state index contributed by atoms with van der Waals surface area (Å²) in [7, 11) is 0. The van der Waals surface area contributed by atoms with Crippen LogP contribution in [0.2, 0.25) is 0 Å². The number of hydrogen-bond acceptors (Lipinski definition) is 0. The molecule has 4 aromatic heterocycles. The summed E-state index contributed by atoms with van der Waals surface area (Å²) in [6, 6.07) is 70.1. The van der Waals surface area contributed by atoms with Gasteiger partial charge in [0.2, 0.25) is 0 Å². The normalized spacial score (nSPS) is 13.0. The van der Waals surface area contributed by atoms with Gasteiger partial charge >= 0.3 is 0 Å². The zero-order valence-electron chi connectivity index (χ0n) is 31.5. The maximum atomic E-state index is 3.97. The van der Waals surface area contributed by atoms with Crippen LogP contribution in [0.15, 0.2) is 194 Å². The van der Waals surface area contributed by atoms with Gasteiger partial charge in [-0.25, -0.2) is 0 Å². The van der Waals surface area contributed by atoms with E-state index in [0.29, 0.717) is 0 Å². The first-order valence-electron chi connectivity index (χ1n) is 19.9. The largest absolute Gasteiger partial charge is 0.354 e. The van der Waals surface area contributed by atoms with E-state index >= 15 is 0 Å². The third-order valence-corrected chi connectivity index (χ3v) is 11.9. The minimum Gasteiger partial charge on any atom is -0.354 e. The summed E-state index contributed by atoms with van der Waals surface area (Å²) in [6.07, 6.45) is 0. The zero-order valence-corrected chi connectivity index (χ0v) is 31.5. The second kappa shape index (κ2) is 12.9. The standard InChI is InChI=1S/C54H36N4/c1-4-11-33(12-5-1)51-41-25-27-43(55-41)52(34-13-6-2-7-14-34)45-29-31-47(57-45)54(40-24-22-38-20-19-36-17-10-18-37-21-23-39(40)50(38)49(36)37)48-32-30-46(58-48)53(35-15-8-3-9-16-35)44-28-26-42(51)56-44/h1-32,55-58H. The number of rotatable bonds is 4. The first-order chi connectivity index (χ1) is 28.7. The van der Waals surface area contributed by atoms with Gasteiger partial charge in [-0.1, -0.05) is 146 Å². The Kier molecular flexibility index (Phi) is 7.20. The molecular weight excluding hydrogens is 705 g/mol. The van der Waals surface area contributed by atoms with Crippen molar-refractivity contribution in [1.29, 1.82) is 0 Å². The molecule has 1 aliphatic rings. The Morgan fingerprint density at radius 3 is 1.09 bits per heavy atom. The van der Waals surface area contributed by atoms with Crippen molar-refractivity contribution in [3.63, 3.8) is 0 Å². The van der Waals surface area contributed by atoms with Crippen LogP contribution in [0.3, 0.4) is 0 Å². The van der Waals surface area contributed by atoms with Gasteiger partial charge in [0.25, 0.3) is 0 Å². The Morgan fingerprint density at radius 1 is 0.241 bits per heavy atom. The summed E-state index contributed by atoms with van der Waals surface area (Å²) in [6.45, 7) is 0. The Morgan fingerprint density at radius 2 is 0.621 bits per heavy atom. The van der Waals surface area contributed by atoms with Crippen molar-refractivity contribution in [2.45, 2.75) is 0 Å². The smallest absolute Gasteiger partial charge is 0.0486 e. The molecule has 0 saturated carbocycles. The molecule has 4 N–H and O–H groups in total. The number of hydrogen-bond donors (Lipinski definition) is 4. The van der Waals surface area contributed by atoms with E-state index in [9.17, 15) is 0 Å². The van der Waals surface area contributed by atoms with E-state index < -0.39 is 0 Å². The summed E-state index contributed by atoms with van der Waals surface area (Å²) in [4.78, 5) is 15.7. The number of aromatic nitrogens is 4. The molecule has 8 bridgehead atoms. The summed E-state index contributed by atoms with van der Waals surface area (Å²) < 4.78 is 0. The monoisotopic (exact) mass is 740 g/mol. The van der Waals surface area contributed by atoms with Gasteiger partial charge in [0, 0.05) is 66.5 Å². The second-order valence-corrected chi connectivity index (χ2v) is 15.2. The minimum absolute atomic E-state index is 1.03. The highest BCUT2D eigenvalue weighted by molar-refractivity contribution is 6.24. The number of H-pyrrole nitrogens is 4. The van der Waals surface area contributed by atoms with Gasteiger partial charge in [0.05, 0.1) is 0 Å². The SMILES string of the molecule is c1ccc(C2=c3ccc([nH]3)=C(c3ccccc3)c3ccc([nH]3)C(c3ccc4ccc5cccc6ccc3c4c56)=c3ccc([nH]3)=C(c3ccccc3)c3ccc2[nH]3)cc1. The average molecular weight is 741 g/mol. The molecule has 58 heavy (non-hydrogen) atoms. The molecule has 11 aromatic rings. The summed E-state index contributed by atoms with van der Waals surface area (Å²) in [5.41, 5.74) is 13.1. The van der Waals surface area contributed by atoms with Gasteiger partial charge in [-0.2, -0.15) is 0 Å². The fraction of sp³-hybridized carbons (Fsp3) is 0. The molecule has 5 heterocycles. The summed E-state index contributed by atoms with van der Waals surface area (Å²) >= 11 is 0. The van der Waals surface area contributed by atoms with Crippen LogP contribution in [0.25, 0.3) is 54.6 Å². The molecule has 0 atom stereocenters. The van der Waals surface area contributed by atoms with E-state index in [1.54, 1.807) is 0 Å². The predicted octanol–water partition coefficient (Wildman–Crippen LogP) is 9.20. The van der Waals surface area contributed by atoms with Crippen molar-refractivity contribution in [2.24, 2.45) is 0 Å². The Bertz CT molecular complexity index is 3580. The van der Waals surface area contributed by atoms with E-state index in [1.807, 2.05) is 0 Å². The Labute approximate surface area is 333 Å². The maximum absolute atomic E-state index is 3.97. The van der Waals surface area contributed by atoms with Gasteiger partial charge < -0.3 is 19.9 Å². The van der Waals surface area contributed by atoms with E-state index in [2.05, 4.69) is 214 Å². The van der Waals surface area contributed by atoms with Crippen LogP contribution in [-0.4, -0.2) is 19.9 Å². The van der Waals surface area contributed by atoms with Crippen LogP contribution in [0.5, 0.6) is 0 Å². The van der Waals surface area contributed by atoms with Gasteiger partial charge in [-0.3, -0.25) is 0 Å². The lowest BCUT2D eigenvalue weighted by Gasteiger charge is -2.15. The molecule has 4 nitrogen and oxygen atoms in total. The molecule has 1 aliphatic heterocycles. The number of aromatic amines is 4. The highest BCUT2D eigenvalue weighted by Gasteiger charge is 2.20. The zero-order chi connectivity index (χ0) is 38.2. The molecule has 0 unspecified atom stereocenters. The van der Waals surface area contributed by atoms with Crippen LogP contribution < -0.4 is 21.4 Å². The molecule has 0 saturated heterocycles. The third-order valence-electron chi connectivity index (χ3n) is 11.9. The minimum atomic E-state index is 1.03. The third kappa shape index (κ3) is 5.09. The highest BCUT2D eigenvalue weighted by Crippen LogP contribution is 2.39. The van der Waals surface area contributed by atoms with E-state index in [0.717, 1.165) is 83.2 Å². The summed E-state index contributed by atoms with van der Waals surface area (Å²) in [5, 5.41) is 11.7. The van der Waals surface area contributed by atoms with E-state index in [1.165, 1.54) is 37.9 Å². The second-order valence-electron chi connectivity index (χ2n) is 15.2. The molecule has 4 heteroatoms. The molecular formula is C54H36N4. The Hall–Kier alpha value is -7.82. The Balaban J connectivity index is 1.23. The molecule has 272 valence electrons. The maximum Gasteiger partial charge on any atom is 0.0486 e. The van der Waals surface area contributed by atoms with Gasteiger partial charge in [-0.05, 0) is 103 Å².